The molecule has 1 fully saturated rings. The second-order valence-corrected chi connectivity index (χ2v) is 7.15. The zero-order valence-corrected chi connectivity index (χ0v) is 15.2. The van der Waals surface area contributed by atoms with E-state index in [0.29, 0.717) is 6.54 Å². The Hall–Kier alpha value is -1.53. The third-order valence-corrected chi connectivity index (χ3v) is 4.90. The first-order chi connectivity index (χ1) is 10.6. The van der Waals surface area contributed by atoms with Crippen LogP contribution >= 0.6 is 0 Å². The summed E-state index contributed by atoms with van der Waals surface area (Å²) in [4.78, 5) is 11.4. The first-order valence-corrected chi connectivity index (χ1v) is 7.98. The maximum atomic E-state index is 11.4. The number of urea groups is 1. The first kappa shape index (κ1) is 17.8. The highest BCUT2D eigenvalue weighted by molar-refractivity contribution is 6.62. The van der Waals surface area contributed by atoms with Gasteiger partial charge in [-0.3, -0.25) is 0 Å². The quantitative estimate of drug-likeness (QED) is 0.839. The van der Waals surface area contributed by atoms with Crippen molar-refractivity contribution in [3.63, 3.8) is 0 Å². The van der Waals surface area contributed by atoms with Gasteiger partial charge in [0.2, 0.25) is 0 Å². The summed E-state index contributed by atoms with van der Waals surface area (Å²) in [6.45, 7) is 12.8. The van der Waals surface area contributed by atoms with Crippen LogP contribution in [0.3, 0.4) is 0 Å². The molecule has 0 aliphatic carbocycles. The molecule has 0 spiro atoms. The van der Waals surface area contributed by atoms with E-state index in [0.717, 1.165) is 22.2 Å². The fraction of sp³-hybridized carbons (Fsp3) is 0.588. The van der Waals surface area contributed by atoms with E-state index in [9.17, 15) is 4.79 Å². The number of aryl methyl sites for hydroxylation is 2. The topological polar surface area (TPSA) is 59.6 Å². The molecular formula is C17H27BN2O3. The highest BCUT2D eigenvalue weighted by Crippen LogP contribution is 2.36. The molecule has 1 saturated heterocycles. The third kappa shape index (κ3) is 3.53. The fourth-order valence-corrected chi connectivity index (χ4v) is 2.68. The van der Waals surface area contributed by atoms with Crippen molar-refractivity contribution in [1.29, 1.82) is 0 Å². The molecule has 1 aliphatic rings. The number of rotatable bonds is 3. The van der Waals surface area contributed by atoms with Crippen LogP contribution < -0.4 is 16.1 Å². The van der Waals surface area contributed by atoms with E-state index in [-0.39, 0.29) is 24.4 Å². The van der Waals surface area contributed by atoms with Crippen molar-refractivity contribution in [2.75, 3.05) is 7.05 Å². The maximum Gasteiger partial charge on any atom is 0.494 e. The molecular weight excluding hydrogens is 291 g/mol. The summed E-state index contributed by atoms with van der Waals surface area (Å²) in [5.41, 5.74) is 3.67. The molecule has 6 heteroatoms. The summed E-state index contributed by atoms with van der Waals surface area (Å²) in [6, 6.07) is 3.98. The molecule has 126 valence electrons. The highest BCUT2D eigenvalue weighted by atomic mass is 16.7. The van der Waals surface area contributed by atoms with Crippen LogP contribution in [0.25, 0.3) is 0 Å². The van der Waals surface area contributed by atoms with Gasteiger partial charge in [-0.1, -0.05) is 12.1 Å². The van der Waals surface area contributed by atoms with Crippen LogP contribution in [0.5, 0.6) is 0 Å². The monoisotopic (exact) mass is 318 g/mol. The molecule has 1 aromatic carbocycles. The number of hydrogen-bond acceptors (Lipinski definition) is 3. The second-order valence-electron chi connectivity index (χ2n) is 7.15. The van der Waals surface area contributed by atoms with Gasteiger partial charge in [0.1, 0.15) is 0 Å². The summed E-state index contributed by atoms with van der Waals surface area (Å²) in [6.07, 6.45) is 0. The highest BCUT2D eigenvalue weighted by Gasteiger charge is 2.51. The van der Waals surface area contributed by atoms with E-state index in [4.69, 9.17) is 9.31 Å². The minimum absolute atomic E-state index is 0.182. The number of carbonyl (C=O) groups is 1. The smallest absolute Gasteiger partial charge is 0.399 e. The van der Waals surface area contributed by atoms with Crippen LogP contribution in [-0.4, -0.2) is 31.4 Å². The van der Waals surface area contributed by atoms with Gasteiger partial charge in [0, 0.05) is 13.6 Å². The lowest BCUT2D eigenvalue weighted by Crippen LogP contribution is -2.41. The Morgan fingerprint density at radius 3 is 2.00 bits per heavy atom. The molecule has 1 aromatic rings. The average molecular weight is 318 g/mol. The number of hydrogen-bond donors (Lipinski definition) is 2. The third-order valence-electron chi connectivity index (χ3n) is 4.90. The van der Waals surface area contributed by atoms with Gasteiger partial charge < -0.3 is 19.9 Å². The van der Waals surface area contributed by atoms with Gasteiger partial charge in [-0.15, -0.1) is 0 Å². The standard InChI is InChI=1S/C17H27BN2O3/c1-11-8-13(18-22-16(3,4)17(5,6)23-18)9-12(2)14(11)10-20-15(21)19-7/h8-9H,10H2,1-7H3,(H2,19,20,21). The largest absolute Gasteiger partial charge is 0.494 e. The van der Waals surface area contributed by atoms with Crippen molar-refractivity contribution >= 4 is 18.6 Å². The zero-order valence-electron chi connectivity index (χ0n) is 15.2. The van der Waals surface area contributed by atoms with Gasteiger partial charge in [0.15, 0.2) is 0 Å². The van der Waals surface area contributed by atoms with Gasteiger partial charge in [0.05, 0.1) is 11.2 Å². The van der Waals surface area contributed by atoms with Gasteiger partial charge in [-0.2, -0.15) is 0 Å². The molecule has 0 bridgehead atoms. The van der Waals surface area contributed by atoms with Crippen molar-refractivity contribution in [2.24, 2.45) is 0 Å². The maximum absolute atomic E-state index is 11.4. The van der Waals surface area contributed by atoms with Crippen molar-refractivity contribution in [1.82, 2.24) is 10.6 Å². The van der Waals surface area contributed by atoms with Gasteiger partial charge in [0.25, 0.3) is 0 Å². The zero-order chi connectivity index (χ0) is 17.4. The lowest BCUT2D eigenvalue weighted by molar-refractivity contribution is 0.00578. The SMILES string of the molecule is CNC(=O)NCc1c(C)cc(B2OC(C)(C)C(C)(C)O2)cc1C. The van der Waals surface area contributed by atoms with Crippen molar-refractivity contribution in [3.05, 3.63) is 28.8 Å². The molecule has 23 heavy (non-hydrogen) atoms. The first-order valence-electron chi connectivity index (χ1n) is 7.98. The van der Waals surface area contributed by atoms with E-state index in [1.54, 1.807) is 7.05 Å². The minimum atomic E-state index is -0.363. The van der Waals surface area contributed by atoms with Crippen molar-refractivity contribution < 1.29 is 14.1 Å². The molecule has 2 amide bonds. The van der Waals surface area contributed by atoms with E-state index >= 15 is 0 Å². The Kier molecular flexibility index (Phi) is 4.78. The number of carbonyl (C=O) groups excluding carboxylic acids is 1. The molecule has 2 N–H and O–H groups in total. The van der Waals surface area contributed by atoms with Crippen LogP contribution in [-0.2, 0) is 15.9 Å². The summed E-state index contributed by atoms with van der Waals surface area (Å²) < 4.78 is 12.2. The lowest BCUT2D eigenvalue weighted by atomic mass is 9.76. The van der Waals surface area contributed by atoms with Crippen LogP contribution in [0.15, 0.2) is 12.1 Å². The van der Waals surface area contributed by atoms with E-state index in [1.807, 2.05) is 41.5 Å². The van der Waals surface area contributed by atoms with Crippen molar-refractivity contribution in [3.8, 4) is 0 Å². The van der Waals surface area contributed by atoms with Crippen LogP contribution in [0.1, 0.15) is 44.4 Å². The van der Waals surface area contributed by atoms with Gasteiger partial charge >= 0.3 is 13.1 Å². The fourth-order valence-electron chi connectivity index (χ4n) is 2.68. The number of amides is 2. The molecule has 0 aromatic heterocycles. The van der Waals surface area contributed by atoms with Crippen LogP contribution in [0, 0.1) is 13.8 Å². The summed E-state index contributed by atoms with van der Waals surface area (Å²) in [7, 11) is 1.24. The molecule has 0 atom stereocenters. The van der Waals surface area contributed by atoms with Gasteiger partial charge in [-0.05, 0) is 63.7 Å². The Balaban J connectivity index is 2.22. The predicted octanol–water partition coefficient (Wildman–Crippen LogP) is 2.03. The molecule has 5 nitrogen and oxygen atoms in total. The van der Waals surface area contributed by atoms with Crippen LogP contribution in [0.2, 0.25) is 0 Å². The average Bonchev–Trinajstić information content (AvgIpc) is 2.66. The minimum Gasteiger partial charge on any atom is -0.399 e. The Morgan fingerprint density at radius 1 is 1.09 bits per heavy atom. The molecule has 1 heterocycles. The van der Waals surface area contributed by atoms with E-state index < -0.39 is 0 Å². The van der Waals surface area contributed by atoms with Gasteiger partial charge in [-0.25, -0.2) is 4.79 Å². The predicted molar refractivity (Wildman–Crippen MR) is 92.9 cm³/mol. The summed E-state index contributed by atoms with van der Waals surface area (Å²) >= 11 is 0. The molecule has 0 radical (unpaired) electrons. The molecule has 1 aliphatic heterocycles. The summed E-state index contributed by atoms with van der Waals surface area (Å²) in [5, 5.41) is 5.39. The molecule has 0 saturated carbocycles. The second kappa shape index (κ2) is 6.17. The number of benzene rings is 1. The van der Waals surface area contributed by atoms with E-state index in [2.05, 4.69) is 22.8 Å². The number of nitrogens with one attached hydrogen (secondary N) is 2. The van der Waals surface area contributed by atoms with E-state index in [1.165, 1.54) is 0 Å². The summed E-state index contributed by atoms with van der Waals surface area (Å²) in [5.74, 6) is 0. The normalized spacial score (nSPS) is 18.8. The Bertz CT molecular complexity index is 575. The Labute approximate surface area is 139 Å². The lowest BCUT2D eigenvalue weighted by Gasteiger charge is -2.32. The van der Waals surface area contributed by atoms with Crippen molar-refractivity contribution in [2.45, 2.75) is 59.3 Å². The molecule has 0 unspecified atom stereocenters. The Morgan fingerprint density at radius 2 is 1.57 bits per heavy atom. The van der Waals surface area contributed by atoms with Crippen LogP contribution in [0.4, 0.5) is 4.79 Å². The molecule has 2 rings (SSSR count).